The predicted molar refractivity (Wildman–Crippen MR) is 55.5 cm³/mol. The summed E-state index contributed by atoms with van der Waals surface area (Å²) < 4.78 is 24.0. The number of phenolic OH excluding ortho intramolecular Hbond substituents is 1. The molecule has 0 aliphatic carbocycles. The van der Waals surface area contributed by atoms with Gasteiger partial charge in [-0.2, -0.15) is 0 Å². The van der Waals surface area contributed by atoms with Crippen LogP contribution in [0.15, 0.2) is 18.2 Å². The van der Waals surface area contributed by atoms with Gasteiger partial charge in [-0.3, -0.25) is 4.90 Å². The van der Waals surface area contributed by atoms with Crippen LogP contribution in [0.1, 0.15) is 5.56 Å². The maximum absolute atomic E-state index is 12.0. The third-order valence-corrected chi connectivity index (χ3v) is 2.22. The monoisotopic (exact) mass is 235 g/mol. The molecule has 0 fully saturated rings. The van der Waals surface area contributed by atoms with Crippen molar-refractivity contribution in [3.8, 4) is 5.75 Å². The molecule has 0 bridgehead atoms. The van der Waals surface area contributed by atoms with E-state index in [4.69, 9.17) is 16.7 Å². The molecule has 2 nitrogen and oxygen atoms in total. The quantitative estimate of drug-likeness (QED) is 0.868. The van der Waals surface area contributed by atoms with Crippen LogP contribution < -0.4 is 0 Å². The average molecular weight is 236 g/mol. The molecule has 0 aromatic heterocycles. The Balaban J connectivity index is 2.60. The normalized spacial score (nSPS) is 11.3. The molecule has 0 saturated heterocycles. The molecule has 0 radical (unpaired) electrons. The van der Waals surface area contributed by atoms with Gasteiger partial charge >= 0.3 is 0 Å². The van der Waals surface area contributed by atoms with Gasteiger partial charge in [-0.05, 0) is 24.7 Å². The van der Waals surface area contributed by atoms with E-state index >= 15 is 0 Å². The lowest BCUT2D eigenvalue weighted by Crippen LogP contribution is -2.24. The van der Waals surface area contributed by atoms with Gasteiger partial charge in [0.1, 0.15) is 5.75 Å². The van der Waals surface area contributed by atoms with Gasteiger partial charge in [-0.15, -0.1) is 0 Å². The van der Waals surface area contributed by atoms with Crippen LogP contribution in [0.3, 0.4) is 0 Å². The summed E-state index contributed by atoms with van der Waals surface area (Å²) in [5.41, 5.74) is 0.793. The molecular formula is C10H12ClF2NO. The van der Waals surface area contributed by atoms with E-state index in [0.717, 1.165) is 5.56 Å². The molecule has 84 valence electrons. The van der Waals surface area contributed by atoms with Gasteiger partial charge in [-0.1, -0.05) is 17.7 Å². The number of hydrogen-bond donors (Lipinski definition) is 1. The zero-order valence-electron chi connectivity index (χ0n) is 8.25. The Morgan fingerprint density at radius 3 is 2.67 bits per heavy atom. The maximum Gasteiger partial charge on any atom is 0.251 e. The SMILES string of the molecule is CN(Cc1ccc(O)c(Cl)c1)CC(F)F. The molecule has 1 N–H and O–H groups in total. The second kappa shape index (κ2) is 5.28. The Bertz CT molecular complexity index is 333. The zero-order chi connectivity index (χ0) is 11.4. The highest BCUT2D eigenvalue weighted by Gasteiger charge is 2.08. The summed E-state index contributed by atoms with van der Waals surface area (Å²) >= 11 is 5.69. The van der Waals surface area contributed by atoms with E-state index in [9.17, 15) is 8.78 Å². The van der Waals surface area contributed by atoms with E-state index in [1.54, 1.807) is 19.2 Å². The van der Waals surface area contributed by atoms with E-state index < -0.39 is 6.43 Å². The number of hydrogen-bond acceptors (Lipinski definition) is 2. The standard InChI is InChI=1S/C10H12ClF2NO/c1-14(6-10(12)13)5-7-2-3-9(15)8(11)4-7/h2-4,10,15H,5-6H2,1H3. The first-order valence-corrected chi connectivity index (χ1v) is 4.81. The number of benzene rings is 1. The molecule has 0 saturated carbocycles. The highest BCUT2D eigenvalue weighted by molar-refractivity contribution is 6.32. The molecule has 0 unspecified atom stereocenters. The zero-order valence-corrected chi connectivity index (χ0v) is 9.01. The van der Waals surface area contributed by atoms with Crippen LogP contribution in [0.4, 0.5) is 8.78 Å². The van der Waals surface area contributed by atoms with Crippen molar-refractivity contribution in [2.24, 2.45) is 0 Å². The van der Waals surface area contributed by atoms with E-state index in [1.807, 2.05) is 0 Å². The number of aromatic hydroxyl groups is 1. The van der Waals surface area contributed by atoms with Gasteiger partial charge in [0.15, 0.2) is 0 Å². The number of alkyl halides is 2. The van der Waals surface area contributed by atoms with Crippen LogP contribution in [-0.2, 0) is 6.54 Å². The van der Waals surface area contributed by atoms with Crippen molar-refractivity contribution in [1.82, 2.24) is 4.90 Å². The Hall–Kier alpha value is -0.870. The molecule has 0 aliphatic rings. The minimum absolute atomic E-state index is 0.00284. The van der Waals surface area contributed by atoms with Gasteiger partial charge < -0.3 is 5.11 Å². The predicted octanol–water partition coefficient (Wildman–Crippen LogP) is 2.74. The van der Waals surface area contributed by atoms with Crippen LogP contribution in [0.5, 0.6) is 5.75 Å². The minimum Gasteiger partial charge on any atom is -0.506 e. The van der Waals surface area contributed by atoms with Crippen LogP contribution >= 0.6 is 11.6 Å². The van der Waals surface area contributed by atoms with Crippen molar-refractivity contribution in [2.75, 3.05) is 13.6 Å². The summed E-state index contributed by atoms with van der Waals surface area (Å²) in [6, 6.07) is 4.68. The van der Waals surface area contributed by atoms with Crippen molar-refractivity contribution in [3.05, 3.63) is 28.8 Å². The van der Waals surface area contributed by atoms with E-state index in [1.165, 1.54) is 11.0 Å². The number of nitrogens with zero attached hydrogens (tertiary/aromatic N) is 1. The Morgan fingerprint density at radius 1 is 1.47 bits per heavy atom. The van der Waals surface area contributed by atoms with E-state index in [-0.39, 0.29) is 17.3 Å². The van der Waals surface area contributed by atoms with E-state index in [0.29, 0.717) is 6.54 Å². The van der Waals surface area contributed by atoms with Gasteiger partial charge in [0, 0.05) is 6.54 Å². The average Bonchev–Trinajstić information content (AvgIpc) is 2.10. The summed E-state index contributed by atoms with van der Waals surface area (Å²) in [6.07, 6.45) is -2.34. The summed E-state index contributed by atoms with van der Waals surface area (Å²) in [6.45, 7) is 0.100. The van der Waals surface area contributed by atoms with Gasteiger partial charge in [0.05, 0.1) is 11.6 Å². The Morgan fingerprint density at radius 2 is 2.13 bits per heavy atom. The molecule has 0 atom stereocenters. The largest absolute Gasteiger partial charge is 0.506 e. The molecule has 1 aromatic rings. The first kappa shape index (κ1) is 12.2. The number of phenols is 1. The van der Waals surface area contributed by atoms with Gasteiger partial charge in [0.2, 0.25) is 0 Å². The molecule has 0 aliphatic heterocycles. The van der Waals surface area contributed by atoms with Crippen molar-refractivity contribution >= 4 is 11.6 Å². The summed E-state index contributed by atoms with van der Waals surface area (Å²) in [4.78, 5) is 1.49. The fourth-order valence-electron chi connectivity index (χ4n) is 1.26. The summed E-state index contributed by atoms with van der Waals surface area (Å²) in [7, 11) is 1.60. The lowest BCUT2D eigenvalue weighted by molar-refractivity contribution is 0.0975. The van der Waals surface area contributed by atoms with Gasteiger partial charge in [0.25, 0.3) is 6.43 Å². The molecule has 1 aromatic carbocycles. The molecule has 15 heavy (non-hydrogen) atoms. The highest BCUT2D eigenvalue weighted by Crippen LogP contribution is 2.24. The molecule has 0 spiro atoms. The van der Waals surface area contributed by atoms with Gasteiger partial charge in [-0.25, -0.2) is 8.78 Å². The van der Waals surface area contributed by atoms with Crippen LogP contribution in [0.2, 0.25) is 5.02 Å². The highest BCUT2D eigenvalue weighted by atomic mass is 35.5. The second-order valence-corrected chi connectivity index (χ2v) is 3.78. The van der Waals surface area contributed by atoms with Crippen molar-refractivity contribution in [2.45, 2.75) is 13.0 Å². The lowest BCUT2D eigenvalue weighted by atomic mass is 10.2. The number of halogens is 3. The van der Waals surface area contributed by atoms with Crippen molar-refractivity contribution in [1.29, 1.82) is 0 Å². The van der Waals surface area contributed by atoms with Crippen molar-refractivity contribution in [3.63, 3.8) is 0 Å². The molecule has 0 amide bonds. The smallest absolute Gasteiger partial charge is 0.251 e. The molecule has 1 rings (SSSR count). The fourth-order valence-corrected chi connectivity index (χ4v) is 1.46. The maximum atomic E-state index is 12.0. The molecule has 5 heteroatoms. The minimum atomic E-state index is -2.34. The first-order chi connectivity index (χ1) is 6.99. The van der Waals surface area contributed by atoms with E-state index in [2.05, 4.69) is 0 Å². The lowest BCUT2D eigenvalue weighted by Gasteiger charge is -2.16. The second-order valence-electron chi connectivity index (χ2n) is 3.37. The van der Waals surface area contributed by atoms with Crippen LogP contribution in [-0.4, -0.2) is 30.0 Å². The topological polar surface area (TPSA) is 23.5 Å². The molecular weight excluding hydrogens is 224 g/mol. The van der Waals surface area contributed by atoms with Crippen molar-refractivity contribution < 1.29 is 13.9 Å². The summed E-state index contributed by atoms with van der Waals surface area (Å²) in [5.74, 6) is -0.00284. The fraction of sp³-hybridized carbons (Fsp3) is 0.400. The Labute approximate surface area is 92.1 Å². The summed E-state index contributed by atoms with van der Waals surface area (Å²) in [5, 5.41) is 9.39. The van der Waals surface area contributed by atoms with Crippen LogP contribution in [0.25, 0.3) is 0 Å². The van der Waals surface area contributed by atoms with Crippen LogP contribution in [0, 0.1) is 0 Å². The first-order valence-electron chi connectivity index (χ1n) is 4.43. The third-order valence-electron chi connectivity index (χ3n) is 1.91. The third kappa shape index (κ3) is 4.01. The molecule has 0 heterocycles. The number of rotatable bonds is 4. The Kier molecular flexibility index (Phi) is 4.29.